The van der Waals surface area contributed by atoms with Gasteiger partial charge in [0.1, 0.15) is 15.9 Å². The second-order valence-electron chi connectivity index (χ2n) is 6.85. The summed E-state index contributed by atoms with van der Waals surface area (Å²) in [7, 11) is -3.59. The zero-order valence-electron chi connectivity index (χ0n) is 14.9. The quantitative estimate of drug-likeness (QED) is 0.514. The van der Waals surface area contributed by atoms with Gasteiger partial charge in [-0.05, 0) is 49.2 Å². The summed E-state index contributed by atoms with van der Waals surface area (Å²) in [6.07, 6.45) is 3.20. The molecular formula is C19H17N5O2S2. The minimum absolute atomic E-state index is 0.231. The molecule has 1 aliphatic rings. The molecule has 1 saturated heterocycles. The van der Waals surface area contributed by atoms with E-state index in [4.69, 9.17) is 0 Å². The molecule has 5 rings (SSSR count). The van der Waals surface area contributed by atoms with Crippen LogP contribution >= 0.6 is 11.7 Å². The van der Waals surface area contributed by atoms with Crippen LogP contribution in [-0.2, 0) is 10.0 Å². The first-order valence-corrected chi connectivity index (χ1v) is 11.2. The van der Waals surface area contributed by atoms with Crippen LogP contribution in [-0.4, -0.2) is 44.5 Å². The van der Waals surface area contributed by atoms with Crippen LogP contribution < -0.4 is 0 Å². The molecule has 1 fully saturated rings. The first-order valence-electron chi connectivity index (χ1n) is 9.06. The fourth-order valence-corrected chi connectivity index (χ4v) is 5.94. The maximum atomic E-state index is 13.2. The zero-order chi connectivity index (χ0) is 19.1. The number of aromatic nitrogens is 4. The van der Waals surface area contributed by atoms with Gasteiger partial charge in [0.15, 0.2) is 5.65 Å². The Morgan fingerprint density at radius 2 is 1.86 bits per heavy atom. The van der Waals surface area contributed by atoms with Crippen LogP contribution in [0.4, 0.5) is 0 Å². The van der Waals surface area contributed by atoms with E-state index in [0.29, 0.717) is 24.1 Å². The van der Waals surface area contributed by atoms with Crippen molar-refractivity contribution in [2.24, 2.45) is 0 Å². The Labute approximate surface area is 166 Å². The highest BCUT2D eigenvalue weighted by Crippen LogP contribution is 2.32. The molecule has 28 heavy (non-hydrogen) atoms. The van der Waals surface area contributed by atoms with Gasteiger partial charge in [-0.25, -0.2) is 18.4 Å². The molecule has 0 spiro atoms. The Kier molecular flexibility index (Phi) is 4.30. The molecular weight excluding hydrogens is 394 g/mol. The van der Waals surface area contributed by atoms with E-state index < -0.39 is 10.0 Å². The number of piperidine rings is 1. The Balaban J connectivity index is 1.38. The van der Waals surface area contributed by atoms with Gasteiger partial charge in [0.05, 0.1) is 11.7 Å². The van der Waals surface area contributed by atoms with E-state index in [2.05, 4.69) is 18.7 Å². The van der Waals surface area contributed by atoms with Crippen molar-refractivity contribution < 1.29 is 8.42 Å². The van der Waals surface area contributed by atoms with Crippen molar-refractivity contribution in [1.82, 2.24) is 23.0 Å². The molecule has 0 saturated carbocycles. The van der Waals surface area contributed by atoms with Crippen molar-refractivity contribution in [2.45, 2.75) is 23.7 Å². The third kappa shape index (κ3) is 2.95. The van der Waals surface area contributed by atoms with E-state index >= 15 is 0 Å². The summed E-state index contributed by atoms with van der Waals surface area (Å²) in [5.74, 6) is 0.231. The van der Waals surface area contributed by atoms with E-state index in [0.717, 1.165) is 41.3 Å². The van der Waals surface area contributed by atoms with E-state index in [9.17, 15) is 8.42 Å². The van der Waals surface area contributed by atoms with Crippen molar-refractivity contribution in [2.75, 3.05) is 13.1 Å². The van der Waals surface area contributed by atoms with Crippen LogP contribution in [0.5, 0.6) is 0 Å². The Bertz CT molecular complexity index is 1260. The third-order valence-electron chi connectivity index (χ3n) is 5.22. The van der Waals surface area contributed by atoms with Crippen LogP contribution in [0.2, 0.25) is 0 Å². The van der Waals surface area contributed by atoms with Crippen molar-refractivity contribution in [1.29, 1.82) is 0 Å². The first kappa shape index (κ1) is 17.6. The minimum Gasteiger partial charge on any atom is -0.237 e. The van der Waals surface area contributed by atoms with Crippen LogP contribution in [0.25, 0.3) is 22.1 Å². The highest BCUT2D eigenvalue weighted by Gasteiger charge is 2.32. The molecule has 3 aromatic heterocycles. The normalized spacial score (nSPS) is 16.7. The van der Waals surface area contributed by atoms with E-state index in [-0.39, 0.29) is 10.8 Å². The molecule has 0 N–H and O–H groups in total. The number of sulfonamides is 1. The van der Waals surface area contributed by atoms with E-state index in [1.165, 1.54) is 0 Å². The van der Waals surface area contributed by atoms with Gasteiger partial charge in [-0.15, -0.1) is 0 Å². The molecule has 0 unspecified atom stereocenters. The van der Waals surface area contributed by atoms with Gasteiger partial charge >= 0.3 is 0 Å². The lowest BCUT2D eigenvalue weighted by atomic mass is 9.94. The van der Waals surface area contributed by atoms with Crippen molar-refractivity contribution >= 4 is 43.8 Å². The van der Waals surface area contributed by atoms with Crippen molar-refractivity contribution in [3.63, 3.8) is 0 Å². The molecule has 0 amide bonds. The summed E-state index contributed by atoms with van der Waals surface area (Å²) in [5.41, 5.74) is 2.79. The number of hydrogen-bond acceptors (Lipinski definition) is 7. The largest absolute Gasteiger partial charge is 0.245 e. The van der Waals surface area contributed by atoms with Gasteiger partial charge in [-0.3, -0.25) is 0 Å². The predicted octanol–water partition coefficient (Wildman–Crippen LogP) is 3.20. The number of benzene rings is 1. The van der Waals surface area contributed by atoms with Gasteiger partial charge in [-0.1, -0.05) is 6.07 Å². The summed E-state index contributed by atoms with van der Waals surface area (Å²) in [6, 6.07) is 13.1. The molecule has 0 bridgehead atoms. The van der Waals surface area contributed by atoms with Crippen LogP contribution in [0.3, 0.4) is 0 Å². The highest BCUT2D eigenvalue weighted by molar-refractivity contribution is 7.89. The second-order valence-corrected chi connectivity index (χ2v) is 9.29. The van der Waals surface area contributed by atoms with Crippen LogP contribution in [0.1, 0.15) is 24.5 Å². The number of fused-ring (bicyclic) bond motifs is 2. The fourth-order valence-electron chi connectivity index (χ4n) is 3.72. The van der Waals surface area contributed by atoms with Crippen LogP contribution in [0, 0.1) is 0 Å². The summed E-state index contributed by atoms with van der Waals surface area (Å²) in [5, 5.41) is 1.01. The number of nitrogens with zero attached hydrogens (tertiary/aromatic N) is 5. The Morgan fingerprint density at radius 1 is 1.00 bits per heavy atom. The SMILES string of the molecule is O=S(=O)(c1cccc2nsnc12)N1CCC(c2ccc3cccnc3n2)CC1. The molecule has 0 radical (unpaired) electrons. The van der Waals surface area contributed by atoms with Gasteiger partial charge in [0.25, 0.3) is 0 Å². The minimum atomic E-state index is -3.59. The maximum Gasteiger partial charge on any atom is 0.245 e. The number of hydrogen-bond donors (Lipinski definition) is 0. The summed E-state index contributed by atoms with van der Waals surface area (Å²) >= 11 is 1.03. The molecule has 0 atom stereocenters. The predicted molar refractivity (Wildman–Crippen MR) is 108 cm³/mol. The lowest BCUT2D eigenvalue weighted by Crippen LogP contribution is -2.38. The van der Waals surface area contributed by atoms with E-state index in [1.54, 1.807) is 28.7 Å². The summed E-state index contributed by atoms with van der Waals surface area (Å²) in [4.78, 5) is 9.25. The third-order valence-corrected chi connectivity index (χ3v) is 7.70. The zero-order valence-corrected chi connectivity index (χ0v) is 16.5. The second kappa shape index (κ2) is 6.84. The van der Waals surface area contributed by atoms with Gasteiger partial charge in [0.2, 0.25) is 10.0 Å². The van der Waals surface area contributed by atoms with Gasteiger partial charge in [0, 0.05) is 36.3 Å². The van der Waals surface area contributed by atoms with Crippen molar-refractivity contribution in [3.05, 3.63) is 54.4 Å². The Hall–Kier alpha value is -2.49. The molecule has 1 aliphatic heterocycles. The van der Waals surface area contributed by atoms with Crippen molar-refractivity contribution in [3.8, 4) is 0 Å². The Morgan fingerprint density at radius 3 is 2.71 bits per heavy atom. The summed E-state index contributed by atoms with van der Waals surface area (Å²) < 4.78 is 36.2. The first-order chi connectivity index (χ1) is 13.6. The standard InChI is InChI=1S/C19H17N5O2S2/c25-28(26,17-5-1-4-16-18(17)23-27-22-16)24-11-8-13(9-12-24)15-7-6-14-3-2-10-20-19(14)21-15/h1-7,10,13H,8-9,11-12H2. The lowest BCUT2D eigenvalue weighted by molar-refractivity contribution is 0.317. The van der Waals surface area contributed by atoms with Crippen LogP contribution in [0.15, 0.2) is 53.6 Å². The van der Waals surface area contributed by atoms with Gasteiger partial charge < -0.3 is 0 Å². The number of rotatable bonds is 3. The molecule has 1 aromatic carbocycles. The monoisotopic (exact) mass is 411 g/mol. The smallest absolute Gasteiger partial charge is 0.237 e. The lowest BCUT2D eigenvalue weighted by Gasteiger charge is -2.31. The maximum absolute atomic E-state index is 13.2. The average Bonchev–Trinajstić information content (AvgIpc) is 3.22. The van der Waals surface area contributed by atoms with E-state index in [1.807, 2.05) is 24.3 Å². The fraction of sp³-hybridized carbons (Fsp3) is 0.263. The summed E-state index contributed by atoms with van der Waals surface area (Å²) in [6.45, 7) is 0.922. The number of pyridine rings is 2. The molecule has 9 heteroatoms. The average molecular weight is 412 g/mol. The molecule has 7 nitrogen and oxygen atoms in total. The highest BCUT2D eigenvalue weighted by atomic mass is 32.2. The van der Waals surface area contributed by atoms with Gasteiger partial charge in [-0.2, -0.15) is 13.1 Å². The molecule has 0 aliphatic carbocycles. The molecule has 142 valence electrons. The molecule has 4 aromatic rings. The topological polar surface area (TPSA) is 88.9 Å². The molecule has 4 heterocycles.